The summed E-state index contributed by atoms with van der Waals surface area (Å²) in [6.07, 6.45) is 2.45. The first kappa shape index (κ1) is 10.4. The summed E-state index contributed by atoms with van der Waals surface area (Å²) in [5.41, 5.74) is 1.20. The Kier molecular flexibility index (Phi) is 2.96. The molecule has 1 aliphatic rings. The molecule has 0 amide bonds. The first-order valence-corrected chi connectivity index (χ1v) is 4.21. The predicted octanol–water partition coefficient (Wildman–Crippen LogP) is 1.33. The third-order valence-corrected chi connectivity index (χ3v) is 2.16. The molecule has 0 aromatic rings. The number of carbonyl (C=O) groups is 2. The van der Waals surface area contributed by atoms with Crippen LogP contribution in [0.2, 0.25) is 0 Å². The van der Waals surface area contributed by atoms with E-state index >= 15 is 0 Å². The zero-order valence-electron chi connectivity index (χ0n) is 7.91. The van der Waals surface area contributed by atoms with Gasteiger partial charge in [-0.05, 0) is 26.1 Å². The molecule has 74 valence electrons. The number of carboxylic acids is 1. The zero-order chi connectivity index (χ0) is 10.7. The fourth-order valence-corrected chi connectivity index (χ4v) is 1.32. The van der Waals surface area contributed by atoms with Crippen molar-refractivity contribution in [2.75, 3.05) is 0 Å². The molecule has 0 unspecified atom stereocenters. The van der Waals surface area contributed by atoms with Crippen molar-refractivity contribution in [1.82, 2.24) is 0 Å². The summed E-state index contributed by atoms with van der Waals surface area (Å²) in [5, 5.41) is 8.67. The van der Waals surface area contributed by atoms with E-state index in [4.69, 9.17) is 5.11 Å². The Morgan fingerprint density at radius 1 is 1.57 bits per heavy atom. The number of hydrogen-bond acceptors (Lipinski definition) is 3. The first-order chi connectivity index (χ1) is 6.56. The Morgan fingerprint density at radius 2 is 2.21 bits per heavy atom. The Hall–Kier alpha value is -1.71. The summed E-state index contributed by atoms with van der Waals surface area (Å²) in [4.78, 5) is 25.2. The van der Waals surface area contributed by atoms with E-state index in [0.717, 1.165) is 5.57 Å². The van der Waals surface area contributed by atoms with E-state index in [1.807, 2.05) is 6.92 Å². The molecule has 1 N–H and O–H groups in total. The smallest absolute Gasteiger partial charge is 0.354 e. The van der Waals surface area contributed by atoms with Gasteiger partial charge in [0.2, 0.25) is 0 Å². The van der Waals surface area contributed by atoms with Gasteiger partial charge in [-0.2, -0.15) is 0 Å². The largest absolute Gasteiger partial charge is 0.477 e. The number of carboxylic acid groups (broad SMARTS) is 1. The zero-order valence-corrected chi connectivity index (χ0v) is 7.91. The van der Waals surface area contributed by atoms with E-state index in [9.17, 15) is 9.59 Å². The summed E-state index contributed by atoms with van der Waals surface area (Å²) >= 11 is 0. The fourth-order valence-electron chi connectivity index (χ4n) is 1.32. The lowest BCUT2D eigenvalue weighted by atomic mass is 10.1. The molecule has 0 aromatic heterocycles. The quantitative estimate of drug-likeness (QED) is 0.543. The van der Waals surface area contributed by atoms with E-state index in [0.29, 0.717) is 18.4 Å². The molecule has 4 heteroatoms. The lowest BCUT2D eigenvalue weighted by molar-refractivity contribution is -0.132. The van der Waals surface area contributed by atoms with Gasteiger partial charge in [0.25, 0.3) is 0 Å². The van der Waals surface area contributed by atoms with Crippen molar-refractivity contribution < 1.29 is 14.7 Å². The second-order valence-electron chi connectivity index (χ2n) is 3.11. The predicted molar refractivity (Wildman–Crippen MR) is 52.2 cm³/mol. The van der Waals surface area contributed by atoms with Gasteiger partial charge < -0.3 is 5.11 Å². The van der Waals surface area contributed by atoms with Crippen molar-refractivity contribution in [3.63, 3.8) is 0 Å². The van der Waals surface area contributed by atoms with Crippen molar-refractivity contribution in [3.8, 4) is 0 Å². The van der Waals surface area contributed by atoms with E-state index in [2.05, 4.69) is 11.7 Å². The third kappa shape index (κ3) is 1.96. The standard InChI is InChI=1S/C10H11NO3/c1-6-3-4-9(12)7(6)5-8(11-2)10(13)14/h5H,2-4H2,1H3,(H,13,14)/b8-5-. The minimum absolute atomic E-state index is 0.0232. The second-order valence-corrected chi connectivity index (χ2v) is 3.11. The fraction of sp³-hybridized carbons (Fsp3) is 0.300. The molecule has 14 heavy (non-hydrogen) atoms. The SMILES string of the molecule is C=N/C(=C\C1=C(C)CCC1=O)C(=O)O. The maximum Gasteiger partial charge on any atom is 0.354 e. The van der Waals surface area contributed by atoms with E-state index < -0.39 is 5.97 Å². The third-order valence-electron chi connectivity index (χ3n) is 2.16. The van der Waals surface area contributed by atoms with Crippen molar-refractivity contribution in [3.05, 3.63) is 22.9 Å². The number of nitrogens with zero attached hydrogens (tertiary/aromatic N) is 1. The van der Waals surface area contributed by atoms with Crippen LogP contribution >= 0.6 is 0 Å². The molecule has 1 aliphatic carbocycles. The number of carbonyl (C=O) groups excluding carboxylic acids is 1. The molecule has 0 aliphatic heterocycles. The van der Waals surface area contributed by atoms with Gasteiger partial charge in [-0.3, -0.25) is 9.79 Å². The normalized spacial score (nSPS) is 17.5. The van der Waals surface area contributed by atoms with Gasteiger partial charge in [0.15, 0.2) is 5.78 Å². The van der Waals surface area contributed by atoms with Crippen LogP contribution in [0.4, 0.5) is 0 Å². The van der Waals surface area contributed by atoms with Gasteiger partial charge in [0, 0.05) is 12.0 Å². The lowest BCUT2D eigenvalue weighted by Gasteiger charge is -1.96. The van der Waals surface area contributed by atoms with E-state index in [1.165, 1.54) is 6.08 Å². The number of Topliss-reactive ketones (excluding diaryl/α,β-unsaturated/α-hetero) is 1. The molecule has 0 fully saturated rings. The molecular formula is C10H11NO3. The van der Waals surface area contributed by atoms with Crippen LogP contribution in [0.5, 0.6) is 0 Å². The van der Waals surface area contributed by atoms with Crippen LogP contribution in [-0.4, -0.2) is 23.6 Å². The van der Waals surface area contributed by atoms with Crippen LogP contribution in [0.15, 0.2) is 27.9 Å². The highest BCUT2D eigenvalue weighted by Crippen LogP contribution is 2.24. The molecule has 0 saturated carbocycles. The number of allylic oxidation sites excluding steroid dienone is 3. The van der Waals surface area contributed by atoms with Crippen LogP contribution < -0.4 is 0 Å². The monoisotopic (exact) mass is 193 g/mol. The minimum Gasteiger partial charge on any atom is -0.477 e. The number of aliphatic carboxylic acids is 1. The number of aliphatic imine (C=N–C) groups is 1. The summed E-state index contributed by atoms with van der Waals surface area (Å²) in [5.74, 6) is -1.19. The van der Waals surface area contributed by atoms with E-state index in [-0.39, 0.29) is 11.5 Å². The van der Waals surface area contributed by atoms with Gasteiger partial charge in [-0.1, -0.05) is 5.57 Å². The number of hydrogen-bond donors (Lipinski definition) is 1. The Morgan fingerprint density at radius 3 is 2.57 bits per heavy atom. The molecule has 4 nitrogen and oxygen atoms in total. The second kappa shape index (κ2) is 4.00. The topological polar surface area (TPSA) is 66.7 Å². The van der Waals surface area contributed by atoms with Gasteiger partial charge in [-0.25, -0.2) is 4.79 Å². The van der Waals surface area contributed by atoms with Crippen molar-refractivity contribution in [2.24, 2.45) is 4.99 Å². The summed E-state index contributed by atoms with van der Waals surface area (Å²) in [6, 6.07) is 0. The highest BCUT2D eigenvalue weighted by Gasteiger charge is 2.19. The minimum atomic E-state index is -1.17. The highest BCUT2D eigenvalue weighted by molar-refractivity contribution is 6.03. The van der Waals surface area contributed by atoms with Gasteiger partial charge in [-0.15, -0.1) is 0 Å². The maximum atomic E-state index is 11.3. The Labute approximate surface area is 81.7 Å². The molecule has 0 spiro atoms. The summed E-state index contributed by atoms with van der Waals surface area (Å²) in [6.45, 7) is 4.96. The summed E-state index contributed by atoms with van der Waals surface area (Å²) in [7, 11) is 0. The molecule has 0 atom stereocenters. The van der Waals surface area contributed by atoms with E-state index in [1.54, 1.807) is 0 Å². The number of ketones is 1. The Balaban J connectivity index is 3.06. The van der Waals surface area contributed by atoms with Crippen LogP contribution in [0.25, 0.3) is 0 Å². The molecule has 0 radical (unpaired) electrons. The molecule has 1 rings (SSSR count). The highest BCUT2D eigenvalue weighted by atomic mass is 16.4. The molecular weight excluding hydrogens is 182 g/mol. The molecule has 0 heterocycles. The average Bonchev–Trinajstić information content (AvgIpc) is 2.43. The molecule has 0 saturated heterocycles. The van der Waals surface area contributed by atoms with Crippen molar-refractivity contribution >= 4 is 18.5 Å². The van der Waals surface area contributed by atoms with Crippen molar-refractivity contribution in [1.29, 1.82) is 0 Å². The van der Waals surface area contributed by atoms with Gasteiger partial charge in [0.1, 0.15) is 5.70 Å². The first-order valence-electron chi connectivity index (χ1n) is 4.21. The van der Waals surface area contributed by atoms with Crippen LogP contribution in [-0.2, 0) is 9.59 Å². The average molecular weight is 193 g/mol. The molecule has 0 bridgehead atoms. The van der Waals surface area contributed by atoms with Crippen LogP contribution in [0, 0.1) is 0 Å². The van der Waals surface area contributed by atoms with Gasteiger partial charge in [0.05, 0.1) is 0 Å². The lowest BCUT2D eigenvalue weighted by Crippen LogP contribution is -2.01. The number of rotatable bonds is 3. The van der Waals surface area contributed by atoms with Gasteiger partial charge >= 0.3 is 5.97 Å². The van der Waals surface area contributed by atoms with Crippen molar-refractivity contribution in [2.45, 2.75) is 19.8 Å². The van der Waals surface area contributed by atoms with Crippen LogP contribution in [0.3, 0.4) is 0 Å². The van der Waals surface area contributed by atoms with Crippen LogP contribution in [0.1, 0.15) is 19.8 Å². The molecule has 0 aromatic carbocycles. The maximum absolute atomic E-state index is 11.3. The summed E-state index contributed by atoms with van der Waals surface area (Å²) < 4.78 is 0. The Bertz CT molecular complexity index is 364.